The highest BCUT2D eigenvalue weighted by atomic mass is 32.1. The molecule has 0 saturated carbocycles. The van der Waals surface area contributed by atoms with Gasteiger partial charge in [-0.25, -0.2) is 0 Å². The molecule has 3 amide bonds. The van der Waals surface area contributed by atoms with Crippen LogP contribution < -0.4 is 21.3 Å². The number of hydrogen-bond acceptors (Lipinski definition) is 6. The molecule has 202 valence electrons. The number of aromatic nitrogens is 2. The van der Waals surface area contributed by atoms with Gasteiger partial charge in [0.1, 0.15) is 17.8 Å². The van der Waals surface area contributed by atoms with E-state index in [0.29, 0.717) is 32.5 Å². The van der Waals surface area contributed by atoms with Crippen LogP contribution >= 0.6 is 11.3 Å². The summed E-state index contributed by atoms with van der Waals surface area (Å²) >= 11 is 1.59. The lowest BCUT2D eigenvalue weighted by Gasteiger charge is -2.37. The number of piperidine rings is 1. The molecule has 9 nitrogen and oxygen atoms in total. The number of rotatable bonds is 10. The fourth-order valence-corrected chi connectivity index (χ4v) is 5.64. The molecular weight excluding hydrogens is 512 g/mol. The molecule has 0 atom stereocenters. The van der Waals surface area contributed by atoms with Crippen molar-refractivity contribution in [2.24, 2.45) is 0 Å². The zero-order valence-electron chi connectivity index (χ0n) is 21.6. The zero-order valence-corrected chi connectivity index (χ0v) is 22.4. The Morgan fingerprint density at radius 2 is 1.72 bits per heavy atom. The highest BCUT2D eigenvalue weighted by Gasteiger charge is 2.40. The van der Waals surface area contributed by atoms with E-state index >= 15 is 0 Å². The minimum atomic E-state index is -1.00. The summed E-state index contributed by atoms with van der Waals surface area (Å²) in [5, 5.41) is 20.7. The number of fused-ring (bicyclic) bond motifs is 1. The first-order valence-corrected chi connectivity index (χ1v) is 14.0. The molecule has 1 fully saturated rings. The van der Waals surface area contributed by atoms with Crippen molar-refractivity contribution in [3.05, 3.63) is 77.8 Å². The van der Waals surface area contributed by atoms with Crippen LogP contribution in [0.3, 0.4) is 0 Å². The second-order valence-corrected chi connectivity index (χ2v) is 10.6. The number of nitrogens with one attached hydrogen (secondary N) is 4. The maximum absolute atomic E-state index is 13.3. The summed E-state index contributed by atoms with van der Waals surface area (Å²) in [5.41, 5.74) is 0.777. The first-order chi connectivity index (χ1) is 19.0. The number of amides is 3. The summed E-state index contributed by atoms with van der Waals surface area (Å²) in [6, 6.07) is 19.7. The van der Waals surface area contributed by atoms with E-state index in [1.54, 1.807) is 22.2 Å². The van der Waals surface area contributed by atoms with Gasteiger partial charge < -0.3 is 21.3 Å². The smallest absolute Gasteiger partial charge is 0.245 e. The predicted molar refractivity (Wildman–Crippen MR) is 152 cm³/mol. The Morgan fingerprint density at radius 1 is 0.923 bits per heavy atom. The van der Waals surface area contributed by atoms with Gasteiger partial charge in [0.05, 0.1) is 11.3 Å². The molecule has 0 aliphatic carbocycles. The standard InChI is InChI=1S/C29H32N6O3S/c36-26(19-22-7-3-6-21-5-1-2-8-23(21)22)31-15-16-32-28(38)29(11-13-30-14-12-29)33-27(37)20-35-17-10-24(34-35)25-9-4-18-39-25/h1-10,17-18,30H,11-16,19-20H2,(H,31,36)(H,32,38)(H,33,37). The van der Waals surface area contributed by atoms with Crippen molar-refractivity contribution in [2.75, 3.05) is 26.2 Å². The molecule has 2 aromatic heterocycles. The summed E-state index contributed by atoms with van der Waals surface area (Å²) in [7, 11) is 0. The largest absolute Gasteiger partial charge is 0.354 e. The van der Waals surface area contributed by atoms with E-state index in [-0.39, 0.29) is 37.2 Å². The minimum Gasteiger partial charge on any atom is -0.354 e. The van der Waals surface area contributed by atoms with Gasteiger partial charge in [-0.1, -0.05) is 48.5 Å². The molecule has 3 heterocycles. The number of benzene rings is 2. The topological polar surface area (TPSA) is 117 Å². The van der Waals surface area contributed by atoms with Crippen LogP contribution in [-0.2, 0) is 27.3 Å². The first kappa shape index (κ1) is 26.6. The molecule has 0 bridgehead atoms. The molecule has 0 unspecified atom stereocenters. The van der Waals surface area contributed by atoms with Crippen LogP contribution in [0.4, 0.5) is 0 Å². The van der Waals surface area contributed by atoms with E-state index in [2.05, 4.69) is 26.4 Å². The number of nitrogens with zero attached hydrogens (tertiary/aromatic N) is 2. The van der Waals surface area contributed by atoms with Crippen molar-refractivity contribution in [2.45, 2.75) is 31.3 Å². The van der Waals surface area contributed by atoms with Gasteiger partial charge in [-0.2, -0.15) is 5.10 Å². The average molecular weight is 545 g/mol. The number of hydrogen-bond donors (Lipinski definition) is 4. The Kier molecular flexibility index (Phi) is 8.33. The first-order valence-electron chi connectivity index (χ1n) is 13.1. The molecule has 5 rings (SSSR count). The Bertz CT molecular complexity index is 1440. The Labute approximate surface area is 231 Å². The zero-order chi connectivity index (χ0) is 27.1. The van der Waals surface area contributed by atoms with E-state index in [4.69, 9.17) is 0 Å². The molecule has 1 saturated heterocycles. The number of carbonyl (C=O) groups is 3. The van der Waals surface area contributed by atoms with Crippen molar-refractivity contribution in [3.8, 4) is 10.6 Å². The highest BCUT2D eigenvalue weighted by Crippen LogP contribution is 2.23. The van der Waals surface area contributed by atoms with Crippen molar-refractivity contribution < 1.29 is 14.4 Å². The van der Waals surface area contributed by atoms with Crippen LogP contribution in [-0.4, -0.2) is 59.2 Å². The molecule has 10 heteroatoms. The molecule has 1 aliphatic heterocycles. The van der Waals surface area contributed by atoms with Gasteiger partial charge in [-0.3, -0.25) is 19.1 Å². The van der Waals surface area contributed by atoms with E-state index in [1.165, 1.54) is 0 Å². The fourth-order valence-electron chi connectivity index (χ4n) is 4.95. The van der Waals surface area contributed by atoms with Crippen molar-refractivity contribution in [1.82, 2.24) is 31.0 Å². The van der Waals surface area contributed by atoms with Crippen molar-refractivity contribution >= 4 is 39.8 Å². The average Bonchev–Trinajstić information content (AvgIpc) is 3.64. The van der Waals surface area contributed by atoms with Crippen LogP contribution in [0.5, 0.6) is 0 Å². The van der Waals surface area contributed by atoms with Gasteiger partial charge in [0, 0.05) is 19.3 Å². The van der Waals surface area contributed by atoms with Crippen LogP contribution in [0.25, 0.3) is 21.3 Å². The highest BCUT2D eigenvalue weighted by molar-refractivity contribution is 7.13. The van der Waals surface area contributed by atoms with Crippen LogP contribution in [0.1, 0.15) is 18.4 Å². The van der Waals surface area contributed by atoms with Gasteiger partial charge in [0.25, 0.3) is 0 Å². The minimum absolute atomic E-state index is 0.0259. The number of carbonyl (C=O) groups excluding carboxylic acids is 3. The van der Waals surface area contributed by atoms with Crippen LogP contribution in [0, 0.1) is 0 Å². The van der Waals surface area contributed by atoms with E-state index in [0.717, 1.165) is 26.9 Å². The van der Waals surface area contributed by atoms with Crippen LogP contribution in [0.2, 0.25) is 0 Å². The lowest BCUT2D eigenvalue weighted by molar-refractivity contribution is -0.135. The van der Waals surface area contributed by atoms with Gasteiger partial charge in [-0.05, 0) is 59.8 Å². The third kappa shape index (κ3) is 6.52. The molecule has 4 aromatic rings. The SMILES string of the molecule is O=C(Cc1cccc2ccccc12)NCCNC(=O)C1(NC(=O)Cn2ccc(-c3cccs3)n2)CCNCC1. The summed E-state index contributed by atoms with van der Waals surface area (Å²) in [6.07, 6.45) is 3.00. The maximum atomic E-state index is 13.3. The quantitative estimate of drug-likeness (QED) is 0.229. The number of thiophene rings is 1. The Balaban J connectivity index is 1.12. The summed E-state index contributed by atoms with van der Waals surface area (Å²) in [5.74, 6) is -0.608. The lowest BCUT2D eigenvalue weighted by Crippen LogP contribution is -2.63. The van der Waals surface area contributed by atoms with Gasteiger partial charge in [-0.15, -0.1) is 11.3 Å². The van der Waals surface area contributed by atoms with Gasteiger partial charge >= 0.3 is 0 Å². The lowest BCUT2D eigenvalue weighted by atomic mass is 9.87. The predicted octanol–water partition coefficient (Wildman–Crippen LogP) is 2.48. The summed E-state index contributed by atoms with van der Waals surface area (Å²) in [6.45, 7) is 1.85. The molecule has 0 radical (unpaired) electrons. The normalized spacial score (nSPS) is 14.6. The second-order valence-electron chi connectivity index (χ2n) is 9.68. The maximum Gasteiger partial charge on any atom is 0.245 e. The van der Waals surface area contributed by atoms with Crippen LogP contribution in [0.15, 0.2) is 72.2 Å². The third-order valence-corrected chi connectivity index (χ3v) is 7.85. The summed E-state index contributed by atoms with van der Waals surface area (Å²) in [4.78, 5) is 39.8. The fraction of sp³-hybridized carbons (Fsp3) is 0.310. The summed E-state index contributed by atoms with van der Waals surface area (Å²) < 4.78 is 1.59. The third-order valence-electron chi connectivity index (χ3n) is 6.95. The van der Waals surface area contributed by atoms with E-state index in [9.17, 15) is 14.4 Å². The van der Waals surface area contributed by atoms with Gasteiger partial charge in [0.15, 0.2) is 0 Å². The van der Waals surface area contributed by atoms with Crippen molar-refractivity contribution in [3.63, 3.8) is 0 Å². The molecule has 4 N–H and O–H groups in total. The van der Waals surface area contributed by atoms with Gasteiger partial charge in [0.2, 0.25) is 17.7 Å². The molecule has 2 aromatic carbocycles. The Hall–Kier alpha value is -4.02. The molecule has 0 spiro atoms. The van der Waals surface area contributed by atoms with Crippen molar-refractivity contribution in [1.29, 1.82) is 0 Å². The van der Waals surface area contributed by atoms with E-state index in [1.807, 2.05) is 66.0 Å². The molecule has 39 heavy (non-hydrogen) atoms. The second kappa shape index (κ2) is 12.2. The molecule has 1 aliphatic rings. The molecular formula is C29H32N6O3S. The van der Waals surface area contributed by atoms with E-state index < -0.39 is 5.54 Å². The monoisotopic (exact) mass is 544 g/mol. The Morgan fingerprint density at radius 3 is 2.54 bits per heavy atom.